The quantitative estimate of drug-likeness (QED) is 0.331. The third kappa shape index (κ3) is 20.8. The average Bonchev–Trinajstić information content (AvgIpc) is 3.06. The molecule has 0 atom stereocenters. The van der Waals surface area contributed by atoms with Crippen LogP contribution in [0.15, 0.2) is 66.8 Å². The molecule has 2 N–H and O–H groups in total. The number of phenolic OH excluding ortho intramolecular Hbond substituents is 2. The van der Waals surface area contributed by atoms with E-state index in [2.05, 4.69) is 12.2 Å². The van der Waals surface area contributed by atoms with Gasteiger partial charge in [-0.2, -0.15) is 6.08 Å². The molecule has 4 heteroatoms. The van der Waals surface area contributed by atoms with Crippen LogP contribution in [0.1, 0.15) is 17.5 Å². The van der Waals surface area contributed by atoms with Crippen molar-refractivity contribution in [3.63, 3.8) is 0 Å². The van der Waals surface area contributed by atoms with Crippen molar-refractivity contribution in [2.75, 3.05) is 0 Å². The smallest absolute Gasteiger partial charge is 0.118 e. The molecule has 2 aromatic carbocycles. The van der Waals surface area contributed by atoms with Gasteiger partial charge in [0.2, 0.25) is 0 Å². The first-order chi connectivity index (χ1) is 10.1. The number of allylic oxidation sites excluding steroid dienone is 4. The van der Waals surface area contributed by atoms with E-state index in [-0.39, 0.29) is 71.3 Å². The predicted octanol–water partition coefficient (Wildman–Crippen LogP) is 7.38. The Morgan fingerprint density at radius 2 is 1.07 bits per heavy atom. The van der Waals surface area contributed by atoms with E-state index in [1.807, 2.05) is 62.4 Å². The van der Waals surface area contributed by atoms with Gasteiger partial charge >= 0.3 is 0 Å². The first-order valence-corrected chi connectivity index (χ1v) is 6.82. The second-order valence-electron chi connectivity index (χ2n) is 4.58. The zero-order valence-electron chi connectivity index (χ0n) is 18.4. The first-order valence-electron chi connectivity index (χ1n) is 6.82. The van der Waals surface area contributed by atoms with Gasteiger partial charge in [-0.05, 0) is 37.1 Å². The second kappa shape index (κ2) is 27.7. The second-order valence-corrected chi connectivity index (χ2v) is 4.58. The minimum Gasteiger partial charge on any atom is -0.508 e. The minimum atomic E-state index is 0. The van der Waals surface area contributed by atoms with Crippen LogP contribution in [0, 0.1) is 57.1 Å². The number of aryl methyl sites for hydroxylation is 2. The minimum absolute atomic E-state index is 0. The summed E-state index contributed by atoms with van der Waals surface area (Å²) < 4.78 is 0. The Hall–Kier alpha value is -1.48. The standard InChI is InChI=1S/2C7H8O.C5H5.5CH3.ClH.Ti/c2*1-6-4-2-3-5-7(6)8;1-2-4-5-3-1;;;;;;;/h2*2-5,8H,1H3;1-3H,4H2;5*1H3;1H;/q;;6*-1;;. The molecule has 0 radical (unpaired) electrons. The first kappa shape index (κ1) is 45.3. The molecule has 0 aromatic heterocycles. The molecular weight excluding hydrogens is 404 g/mol. The molecule has 0 amide bonds. The zero-order valence-corrected chi connectivity index (χ0v) is 20.7. The van der Waals surface area contributed by atoms with Crippen LogP contribution in [-0.2, 0) is 21.7 Å². The van der Waals surface area contributed by atoms with Crippen molar-refractivity contribution in [1.82, 2.24) is 0 Å². The SMILES string of the molecule is Cc1ccccc1O.Cc1ccccc1O.Cl.[C-]1=CC=CC1.[CH3-].[CH3-].[CH3-].[CH3-].[CH3-].[Ti]. The number of para-hydroxylation sites is 2. The maximum atomic E-state index is 8.92. The van der Waals surface area contributed by atoms with Crippen LogP contribution in [-0.4, -0.2) is 10.2 Å². The Labute approximate surface area is 196 Å². The van der Waals surface area contributed by atoms with E-state index in [0.29, 0.717) is 11.5 Å². The van der Waals surface area contributed by atoms with Gasteiger partial charge in [0, 0.05) is 21.7 Å². The summed E-state index contributed by atoms with van der Waals surface area (Å²) in [6.07, 6.45) is 10.0. The Kier molecular flexibility index (Phi) is 44.9. The number of phenols is 2. The van der Waals surface area contributed by atoms with Crippen LogP contribution in [0.4, 0.5) is 0 Å². The third-order valence-electron chi connectivity index (χ3n) is 2.82. The van der Waals surface area contributed by atoms with Crippen molar-refractivity contribution in [2.24, 2.45) is 0 Å². The van der Waals surface area contributed by atoms with Gasteiger partial charge in [0.1, 0.15) is 11.5 Å². The van der Waals surface area contributed by atoms with Gasteiger partial charge in [-0.3, -0.25) is 6.08 Å². The van der Waals surface area contributed by atoms with Crippen molar-refractivity contribution < 1.29 is 31.9 Å². The van der Waals surface area contributed by atoms with Crippen LogP contribution in [0.2, 0.25) is 0 Å². The molecule has 3 rings (SSSR count). The summed E-state index contributed by atoms with van der Waals surface area (Å²) in [5, 5.41) is 17.8. The molecule has 2 aromatic rings. The van der Waals surface area contributed by atoms with Crippen molar-refractivity contribution in [2.45, 2.75) is 20.3 Å². The van der Waals surface area contributed by atoms with Gasteiger partial charge in [0.15, 0.2) is 0 Å². The molecule has 0 unspecified atom stereocenters. The molecule has 0 saturated carbocycles. The summed E-state index contributed by atoms with van der Waals surface area (Å²) in [7, 11) is 0. The summed E-state index contributed by atoms with van der Waals surface area (Å²) in [5.74, 6) is 0.736. The Morgan fingerprint density at radius 1 is 0.714 bits per heavy atom. The molecule has 0 fully saturated rings. The van der Waals surface area contributed by atoms with Crippen molar-refractivity contribution in [3.8, 4) is 11.5 Å². The van der Waals surface area contributed by atoms with E-state index in [0.717, 1.165) is 17.5 Å². The summed E-state index contributed by atoms with van der Waals surface area (Å²) >= 11 is 0. The number of hydrogen-bond donors (Lipinski definition) is 2. The number of rotatable bonds is 0. The van der Waals surface area contributed by atoms with E-state index in [1.165, 1.54) is 0 Å². The van der Waals surface area contributed by atoms with Crippen LogP contribution < -0.4 is 0 Å². The molecule has 2 nitrogen and oxygen atoms in total. The van der Waals surface area contributed by atoms with E-state index in [9.17, 15) is 0 Å². The molecule has 0 spiro atoms. The Balaban J connectivity index is -0.0000000427. The molecular formula is C24H37ClO2Ti-6. The molecule has 0 bridgehead atoms. The van der Waals surface area contributed by atoms with Crippen molar-refractivity contribution >= 4 is 12.4 Å². The van der Waals surface area contributed by atoms with Gasteiger partial charge in [-0.25, -0.2) is 12.2 Å². The molecule has 1 aliphatic rings. The largest absolute Gasteiger partial charge is 0.508 e. The fraction of sp³-hybridized carbons (Fsp3) is 0.125. The summed E-state index contributed by atoms with van der Waals surface area (Å²) in [5.41, 5.74) is 1.85. The van der Waals surface area contributed by atoms with Crippen LogP contribution >= 0.6 is 12.4 Å². The molecule has 162 valence electrons. The van der Waals surface area contributed by atoms with E-state index < -0.39 is 0 Å². The fourth-order valence-corrected chi connectivity index (χ4v) is 1.47. The van der Waals surface area contributed by atoms with E-state index in [4.69, 9.17) is 10.2 Å². The number of hydrogen-bond acceptors (Lipinski definition) is 2. The maximum absolute atomic E-state index is 8.92. The van der Waals surface area contributed by atoms with Gasteiger partial charge in [0.05, 0.1) is 0 Å². The molecule has 1 aliphatic carbocycles. The Morgan fingerprint density at radius 3 is 1.21 bits per heavy atom. The van der Waals surface area contributed by atoms with Gasteiger partial charge < -0.3 is 47.3 Å². The molecule has 0 heterocycles. The van der Waals surface area contributed by atoms with E-state index in [1.54, 1.807) is 12.1 Å². The van der Waals surface area contributed by atoms with Crippen LogP contribution in [0.25, 0.3) is 0 Å². The molecule has 28 heavy (non-hydrogen) atoms. The maximum Gasteiger partial charge on any atom is 0.118 e. The normalized spacial score (nSPS) is 8.36. The van der Waals surface area contributed by atoms with Crippen LogP contribution in [0.5, 0.6) is 11.5 Å². The summed E-state index contributed by atoms with van der Waals surface area (Å²) in [6.45, 7) is 3.74. The van der Waals surface area contributed by atoms with Crippen molar-refractivity contribution in [3.05, 3.63) is 121 Å². The van der Waals surface area contributed by atoms with E-state index >= 15 is 0 Å². The fourth-order valence-electron chi connectivity index (χ4n) is 1.47. The summed E-state index contributed by atoms with van der Waals surface area (Å²) in [6, 6.07) is 14.5. The topological polar surface area (TPSA) is 40.5 Å². The zero-order chi connectivity index (χ0) is 15.5. The monoisotopic (exact) mass is 440 g/mol. The third-order valence-corrected chi connectivity index (χ3v) is 2.82. The van der Waals surface area contributed by atoms with Crippen molar-refractivity contribution in [1.29, 1.82) is 0 Å². The van der Waals surface area contributed by atoms with Gasteiger partial charge in [-0.1, -0.05) is 36.4 Å². The van der Waals surface area contributed by atoms with Crippen LogP contribution in [0.3, 0.4) is 0 Å². The number of benzene rings is 2. The molecule has 0 aliphatic heterocycles. The van der Waals surface area contributed by atoms with Gasteiger partial charge in [-0.15, -0.1) is 18.8 Å². The Bertz CT molecular complexity index is 516. The summed E-state index contributed by atoms with van der Waals surface area (Å²) in [4.78, 5) is 0. The number of aromatic hydroxyl groups is 2. The molecule has 0 saturated heterocycles. The predicted molar refractivity (Wildman–Crippen MR) is 127 cm³/mol. The average molecular weight is 441 g/mol. The number of halogens is 1. The van der Waals surface area contributed by atoms with Gasteiger partial charge in [0.25, 0.3) is 0 Å².